The number of nitrogens with two attached hydrogens (primary N) is 1. The van der Waals surface area contributed by atoms with E-state index in [1.165, 1.54) is 11.1 Å². The van der Waals surface area contributed by atoms with Crippen molar-refractivity contribution in [3.8, 4) is 0 Å². The minimum absolute atomic E-state index is 0.340. The molecule has 1 aromatic rings. The predicted octanol–water partition coefficient (Wildman–Crippen LogP) is 0.276. The maximum Gasteiger partial charge on any atom is 0.326 e. The molecule has 1 aromatic heterocycles. The lowest BCUT2D eigenvalue weighted by Gasteiger charge is -2.29. The number of aromatic nitrogens is 2. The Balaban J connectivity index is 2.18. The Hall–Kier alpha value is -1.89. The average molecular weight is 280 g/mol. The fourth-order valence-electron chi connectivity index (χ4n) is 2.55. The van der Waals surface area contributed by atoms with Crippen molar-refractivity contribution in [2.45, 2.75) is 37.8 Å². The lowest BCUT2D eigenvalue weighted by Crippen LogP contribution is -2.48. The third-order valence-corrected chi connectivity index (χ3v) is 3.67. The fraction of sp³-hybridized carbons (Fsp3) is 0.615. The summed E-state index contributed by atoms with van der Waals surface area (Å²) < 4.78 is 1.57. The van der Waals surface area contributed by atoms with Gasteiger partial charge in [0.15, 0.2) is 0 Å². The first kappa shape index (κ1) is 14.5. The first-order chi connectivity index (χ1) is 9.50. The highest BCUT2D eigenvalue weighted by molar-refractivity contribution is 5.87. The molecule has 1 amide bonds. The number of amides is 1. The summed E-state index contributed by atoms with van der Waals surface area (Å²) in [6.07, 6.45) is 6.28. The van der Waals surface area contributed by atoms with Crippen LogP contribution in [0.1, 0.15) is 37.3 Å². The molecule has 1 saturated heterocycles. The molecule has 0 spiro atoms. The Kier molecular flexibility index (Phi) is 4.39. The van der Waals surface area contributed by atoms with Crippen LogP contribution in [-0.4, -0.2) is 44.3 Å². The summed E-state index contributed by atoms with van der Waals surface area (Å²) in [5.74, 6) is -1.30. The number of aryl methyl sites for hydroxylation is 1. The number of aliphatic carboxylic acids is 1. The first-order valence-electron chi connectivity index (χ1n) is 6.78. The van der Waals surface area contributed by atoms with E-state index in [2.05, 4.69) is 5.10 Å². The van der Waals surface area contributed by atoms with Crippen LogP contribution in [0.2, 0.25) is 0 Å². The van der Waals surface area contributed by atoms with Crippen LogP contribution in [0.5, 0.6) is 0 Å². The van der Waals surface area contributed by atoms with Crippen LogP contribution in [-0.2, 0) is 16.6 Å². The third kappa shape index (κ3) is 2.98. The molecule has 2 rings (SSSR count). The summed E-state index contributed by atoms with van der Waals surface area (Å²) in [4.78, 5) is 25.2. The van der Waals surface area contributed by atoms with Crippen molar-refractivity contribution in [2.75, 3.05) is 6.54 Å². The van der Waals surface area contributed by atoms with Gasteiger partial charge in [0.25, 0.3) is 0 Å². The van der Waals surface area contributed by atoms with Crippen LogP contribution in [0.25, 0.3) is 0 Å². The minimum Gasteiger partial charge on any atom is -0.480 e. The Labute approximate surface area is 117 Å². The zero-order valence-corrected chi connectivity index (χ0v) is 11.5. The molecular formula is C13H20N4O3. The Bertz CT molecular complexity index is 500. The molecule has 2 heterocycles. The second kappa shape index (κ2) is 6.04. The fourth-order valence-corrected chi connectivity index (χ4v) is 2.55. The van der Waals surface area contributed by atoms with Crippen molar-refractivity contribution in [2.24, 2.45) is 12.8 Å². The molecule has 0 radical (unpaired) electrons. The van der Waals surface area contributed by atoms with Crippen LogP contribution in [0.3, 0.4) is 0 Å². The van der Waals surface area contributed by atoms with Gasteiger partial charge in [-0.05, 0) is 12.8 Å². The van der Waals surface area contributed by atoms with Gasteiger partial charge in [-0.25, -0.2) is 4.79 Å². The van der Waals surface area contributed by atoms with Gasteiger partial charge in [0, 0.05) is 25.4 Å². The molecule has 1 aliphatic heterocycles. The average Bonchev–Trinajstić information content (AvgIpc) is 2.70. The molecule has 2 unspecified atom stereocenters. The van der Waals surface area contributed by atoms with Gasteiger partial charge < -0.3 is 15.7 Å². The number of likely N-dealkylation sites (tertiary alicyclic amines) is 1. The van der Waals surface area contributed by atoms with E-state index in [1.807, 2.05) is 0 Å². The molecule has 7 heteroatoms. The summed E-state index contributed by atoms with van der Waals surface area (Å²) in [7, 11) is 1.74. The van der Waals surface area contributed by atoms with Crippen molar-refractivity contribution in [1.82, 2.24) is 14.7 Å². The van der Waals surface area contributed by atoms with E-state index in [-0.39, 0.29) is 5.91 Å². The summed E-state index contributed by atoms with van der Waals surface area (Å²) in [5, 5.41) is 13.3. The zero-order chi connectivity index (χ0) is 14.7. The summed E-state index contributed by atoms with van der Waals surface area (Å²) in [6.45, 7) is 0.448. The summed E-state index contributed by atoms with van der Waals surface area (Å²) in [6, 6.07) is -1.63. The molecule has 20 heavy (non-hydrogen) atoms. The molecule has 110 valence electrons. The van der Waals surface area contributed by atoms with Gasteiger partial charge in [0.1, 0.15) is 12.1 Å². The lowest BCUT2D eigenvalue weighted by molar-refractivity contribution is -0.150. The maximum atomic E-state index is 12.5. The van der Waals surface area contributed by atoms with Crippen molar-refractivity contribution in [3.63, 3.8) is 0 Å². The lowest BCUT2D eigenvalue weighted by atomic mass is 10.1. The third-order valence-electron chi connectivity index (χ3n) is 3.67. The molecule has 0 bridgehead atoms. The highest BCUT2D eigenvalue weighted by Crippen LogP contribution is 2.21. The molecule has 0 saturated carbocycles. The van der Waals surface area contributed by atoms with Crippen LogP contribution in [0.15, 0.2) is 12.4 Å². The van der Waals surface area contributed by atoms with Crippen LogP contribution in [0.4, 0.5) is 0 Å². The monoisotopic (exact) mass is 280 g/mol. The summed E-state index contributed by atoms with van der Waals surface area (Å²) >= 11 is 0. The van der Waals surface area contributed by atoms with E-state index in [4.69, 9.17) is 5.73 Å². The van der Waals surface area contributed by atoms with Crippen molar-refractivity contribution >= 4 is 11.9 Å². The van der Waals surface area contributed by atoms with Gasteiger partial charge in [-0.15, -0.1) is 0 Å². The number of carboxylic acids is 1. The molecule has 3 N–H and O–H groups in total. The van der Waals surface area contributed by atoms with E-state index in [0.717, 1.165) is 19.3 Å². The maximum absolute atomic E-state index is 12.5. The minimum atomic E-state index is -0.960. The van der Waals surface area contributed by atoms with E-state index < -0.39 is 18.1 Å². The molecule has 2 atom stereocenters. The Morgan fingerprint density at radius 3 is 2.80 bits per heavy atom. The first-order valence-corrected chi connectivity index (χ1v) is 6.78. The number of carboxylic acid groups (broad SMARTS) is 1. The van der Waals surface area contributed by atoms with E-state index in [0.29, 0.717) is 18.5 Å². The SMILES string of the molecule is Cn1cc(C(N)C(=O)N2CCCCCC2C(=O)O)cn1. The quantitative estimate of drug-likeness (QED) is 0.828. The van der Waals surface area contributed by atoms with Crippen molar-refractivity contribution in [3.05, 3.63) is 18.0 Å². The van der Waals surface area contributed by atoms with Crippen molar-refractivity contribution < 1.29 is 14.7 Å². The van der Waals surface area contributed by atoms with Gasteiger partial charge in [0.2, 0.25) is 5.91 Å². The second-order valence-corrected chi connectivity index (χ2v) is 5.16. The molecular weight excluding hydrogens is 260 g/mol. The van der Waals surface area contributed by atoms with Gasteiger partial charge in [-0.3, -0.25) is 9.48 Å². The van der Waals surface area contributed by atoms with Crippen LogP contribution < -0.4 is 5.73 Å². The molecule has 0 aromatic carbocycles. The molecule has 1 fully saturated rings. The number of hydrogen-bond acceptors (Lipinski definition) is 4. The Morgan fingerprint density at radius 2 is 2.20 bits per heavy atom. The molecule has 1 aliphatic rings. The number of carbonyl (C=O) groups is 2. The van der Waals surface area contributed by atoms with Gasteiger partial charge in [0.05, 0.1) is 6.20 Å². The Morgan fingerprint density at radius 1 is 1.45 bits per heavy atom. The number of hydrogen-bond donors (Lipinski definition) is 2. The van der Waals surface area contributed by atoms with E-state index in [9.17, 15) is 14.7 Å². The molecule has 7 nitrogen and oxygen atoms in total. The van der Waals surface area contributed by atoms with Crippen LogP contribution in [0, 0.1) is 0 Å². The smallest absolute Gasteiger partial charge is 0.326 e. The van der Waals surface area contributed by atoms with Crippen molar-refractivity contribution in [1.29, 1.82) is 0 Å². The highest BCUT2D eigenvalue weighted by Gasteiger charge is 2.33. The van der Waals surface area contributed by atoms with Gasteiger partial charge in [-0.2, -0.15) is 5.10 Å². The van der Waals surface area contributed by atoms with Crippen LogP contribution >= 0.6 is 0 Å². The largest absolute Gasteiger partial charge is 0.480 e. The second-order valence-electron chi connectivity index (χ2n) is 5.16. The normalized spacial score (nSPS) is 21.3. The zero-order valence-electron chi connectivity index (χ0n) is 11.5. The number of carbonyl (C=O) groups excluding carboxylic acids is 1. The molecule has 0 aliphatic carbocycles. The standard InChI is InChI=1S/C13H20N4O3/c1-16-8-9(7-15-16)11(14)12(18)17-6-4-2-3-5-10(17)13(19)20/h7-8,10-11H,2-6,14H2,1H3,(H,19,20). The predicted molar refractivity (Wildman–Crippen MR) is 71.7 cm³/mol. The number of nitrogens with zero attached hydrogens (tertiary/aromatic N) is 3. The highest BCUT2D eigenvalue weighted by atomic mass is 16.4. The number of rotatable bonds is 3. The van der Waals surface area contributed by atoms with E-state index >= 15 is 0 Å². The van der Waals surface area contributed by atoms with E-state index in [1.54, 1.807) is 17.9 Å². The topological polar surface area (TPSA) is 101 Å². The summed E-state index contributed by atoms with van der Waals surface area (Å²) in [5.41, 5.74) is 6.56. The van der Waals surface area contributed by atoms with Gasteiger partial charge >= 0.3 is 5.97 Å². The van der Waals surface area contributed by atoms with Gasteiger partial charge in [-0.1, -0.05) is 12.8 Å².